The lowest BCUT2D eigenvalue weighted by atomic mass is 10.1. The van der Waals surface area contributed by atoms with E-state index in [4.69, 9.17) is 14.6 Å². The normalized spacial score (nSPS) is 14.3. The second-order valence-electron chi connectivity index (χ2n) is 6.49. The van der Waals surface area contributed by atoms with Crippen molar-refractivity contribution in [1.82, 2.24) is 10.2 Å². The highest BCUT2D eigenvalue weighted by atomic mass is 79.9. The molecule has 2 aromatic carbocycles. The van der Waals surface area contributed by atoms with Gasteiger partial charge in [-0.15, -0.1) is 0 Å². The first-order valence-electron chi connectivity index (χ1n) is 9.20. The molecule has 11 heteroatoms. The van der Waals surface area contributed by atoms with Crippen molar-refractivity contribution in [2.24, 2.45) is 0 Å². The molecule has 0 bridgehead atoms. The Kier molecular flexibility index (Phi) is 7.11. The van der Waals surface area contributed by atoms with Crippen LogP contribution in [-0.2, 0) is 14.4 Å². The van der Waals surface area contributed by atoms with Crippen LogP contribution >= 0.6 is 15.9 Å². The van der Waals surface area contributed by atoms with Crippen molar-refractivity contribution < 1.29 is 33.8 Å². The zero-order valence-corrected chi connectivity index (χ0v) is 18.3. The maximum absolute atomic E-state index is 12.7. The smallest absolute Gasteiger partial charge is 0.341 e. The Morgan fingerprint density at radius 3 is 2.66 bits per heavy atom. The average Bonchev–Trinajstić information content (AvgIpc) is 3.00. The molecule has 0 aliphatic carbocycles. The second kappa shape index (κ2) is 9.96. The number of methoxy groups -OCH3 is 1. The zero-order chi connectivity index (χ0) is 23.3. The largest absolute Gasteiger partial charge is 0.495 e. The summed E-state index contributed by atoms with van der Waals surface area (Å²) in [5.41, 5.74) is 0.681. The van der Waals surface area contributed by atoms with Crippen LogP contribution in [0.25, 0.3) is 6.08 Å². The summed E-state index contributed by atoms with van der Waals surface area (Å²) in [5.74, 6) is -1.83. The number of carboxylic acid groups (broad SMARTS) is 1. The maximum atomic E-state index is 12.7. The van der Waals surface area contributed by atoms with Crippen molar-refractivity contribution in [2.45, 2.75) is 0 Å². The van der Waals surface area contributed by atoms with E-state index in [0.717, 1.165) is 4.90 Å². The predicted octanol–water partition coefficient (Wildman–Crippen LogP) is 2.45. The first-order chi connectivity index (χ1) is 15.3. The number of nitrogens with one attached hydrogen (secondary N) is 2. The van der Waals surface area contributed by atoms with Gasteiger partial charge in [0.1, 0.15) is 23.7 Å². The highest BCUT2D eigenvalue weighted by molar-refractivity contribution is 9.10. The molecule has 1 heterocycles. The average molecular weight is 504 g/mol. The third kappa shape index (κ3) is 5.43. The number of benzene rings is 2. The number of para-hydroxylation sites is 2. The number of hydrogen-bond donors (Lipinski definition) is 3. The monoisotopic (exact) mass is 503 g/mol. The van der Waals surface area contributed by atoms with Gasteiger partial charge in [-0.3, -0.25) is 9.59 Å². The molecule has 0 aromatic heterocycles. The van der Waals surface area contributed by atoms with Crippen molar-refractivity contribution in [3.05, 3.63) is 58.2 Å². The fourth-order valence-electron chi connectivity index (χ4n) is 2.86. The van der Waals surface area contributed by atoms with Gasteiger partial charge in [0.2, 0.25) is 5.91 Å². The lowest BCUT2D eigenvalue weighted by molar-refractivity contribution is -0.139. The number of rotatable bonds is 8. The Morgan fingerprint density at radius 1 is 1.19 bits per heavy atom. The predicted molar refractivity (Wildman–Crippen MR) is 117 cm³/mol. The maximum Gasteiger partial charge on any atom is 0.341 e. The van der Waals surface area contributed by atoms with Crippen LogP contribution in [0.4, 0.5) is 10.5 Å². The molecule has 0 saturated carbocycles. The van der Waals surface area contributed by atoms with Crippen molar-refractivity contribution in [3.8, 4) is 11.5 Å². The van der Waals surface area contributed by atoms with Gasteiger partial charge in [-0.25, -0.2) is 14.5 Å². The van der Waals surface area contributed by atoms with Crippen LogP contribution in [0.15, 0.2) is 52.6 Å². The summed E-state index contributed by atoms with van der Waals surface area (Å²) in [7, 11) is 1.45. The number of nitrogens with zero attached hydrogens (tertiary/aromatic N) is 1. The fraction of sp³-hybridized carbons (Fsp3) is 0.143. The molecule has 4 amide bonds. The van der Waals surface area contributed by atoms with E-state index in [2.05, 4.69) is 26.6 Å². The minimum atomic E-state index is -1.16. The molecule has 0 spiro atoms. The number of amides is 4. The van der Waals surface area contributed by atoms with Crippen molar-refractivity contribution in [2.75, 3.05) is 25.6 Å². The number of urea groups is 1. The summed E-state index contributed by atoms with van der Waals surface area (Å²) < 4.78 is 11.0. The molecule has 2 aromatic rings. The Hall–Kier alpha value is -3.86. The van der Waals surface area contributed by atoms with Crippen LogP contribution in [0.5, 0.6) is 11.5 Å². The Balaban J connectivity index is 1.76. The van der Waals surface area contributed by atoms with Gasteiger partial charge in [-0.1, -0.05) is 28.1 Å². The van der Waals surface area contributed by atoms with E-state index >= 15 is 0 Å². The third-order valence-electron chi connectivity index (χ3n) is 4.27. The number of carbonyl (C=O) groups is 4. The van der Waals surface area contributed by atoms with Crippen molar-refractivity contribution in [3.63, 3.8) is 0 Å². The van der Waals surface area contributed by atoms with Gasteiger partial charge in [-0.05, 0) is 36.4 Å². The molecule has 0 radical (unpaired) electrons. The molecular weight excluding hydrogens is 486 g/mol. The van der Waals surface area contributed by atoms with Crippen LogP contribution in [-0.4, -0.2) is 54.1 Å². The summed E-state index contributed by atoms with van der Waals surface area (Å²) >= 11 is 3.29. The van der Waals surface area contributed by atoms with Crippen LogP contribution in [0.3, 0.4) is 0 Å². The standard InChI is InChI=1S/C21H18BrN3O7/c1-31-17-5-3-2-4-14(17)23-18(26)10-25-20(29)15(24-21(25)30)9-12-8-13(22)6-7-16(12)32-11-19(27)28/h2-9H,10-11H2,1H3,(H,23,26)(H,24,30)(H,27,28)/b15-9+. The molecule has 0 unspecified atom stereocenters. The van der Waals surface area contributed by atoms with Gasteiger partial charge in [-0.2, -0.15) is 0 Å². The molecule has 0 atom stereocenters. The summed E-state index contributed by atoms with van der Waals surface area (Å²) in [4.78, 5) is 49.0. The summed E-state index contributed by atoms with van der Waals surface area (Å²) in [6.07, 6.45) is 1.35. The fourth-order valence-corrected chi connectivity index (χ4v) is 3.23. The molecule has 32 heavy (non-hydrogen) atoms. The summed E-state index contributed by atoms with van der Waals surface area (Å²) in [5, 5.41) is 13.8. The van der Waals surface area contributed by atoms with E-state index in [1.54, 1.807) is 36.4 Å². The number of anilines is 1. The van der Waals surface area contributed by atoms with Gasteiger partial charge in [0.15, 0.2) is 6.61 Å². The molecular formula is C21H18BrN3O7. The van der Waals surface area contributed by atoms with Crippen molar-refractivity contribution in [1.29, 1.82) is 0 Å². The first-order valence-corrected chi connectivity index (χ1v) is 9.99. The quantitative estimate of drug-likeness (QED) is 0.372. The topological polar surface area (TPSA) is 134 Å². The Bertz CT molecular complexity index is 1120. The molecule has 1 fully saturated rings. The number of ether oxygens (including phenoxy) is 2. The number of carbonyl (C=O) groups excluding carboxylic acids is 3. The highest BCUT2D eigenvalue weighted by Crippen LogP contribution is 2.27. The van der Waals surface area contributed by atoms with Gasteiger partial charge >= 0.3 is 12.0 Å². The van der Waals surface area contributed by atoms with Crippen molar-refractivity contribution >= 4 is 51.5 Å². The van der Waals surface area contributed by atoms with E-state index in [1.165, 1.54) is 19.3 Å². The van der Waals surface area contributed by atoms with Crippen LogP contribution < -0.4 is 20.1 Å². The molecule has 1 aliphatic rings. The zero-order valence-electron chi connectivity index (χ0n) is 16.8. The first kappa shape index (κ1) is 22.8. The molecule has 3 rings (SSSR count). The van der Waals surface area contributed by atoms with Gasteiger partial charge in [0.25, 0.3) is 5.91 Å². The molecule has 1 aliphatic heterocycles. The molecule has 1 saturated heterocycles. The van der Waals surface area contributed by atoms with Gasteiger partial charge in [0.05, 0.1) is 12.8 Å². The number of carboxylic acids is 1. The second-order valence-corrected chi connectivity index (χ2v) is 7.41. The summed E-state index contributed by atoms with van der Waals surface area (Å²) in [6.45, 7) is -1.09. The van der Waals surface area contributed by atoms with E-state index in [-0.39, 0.29) is 11.4 Å². The number of hydrogen-bond acceptors (Lipinski definition) is 6. The molecule has 166 valence electrons. The lowest BCUT2D eigenvalue weighted by Crippen LogP contribution is -2.38. The molecule has 10 nitrogen and oxygen atoms in total. The van der Waals surface area contributed by atoms with E-state index < -0.39 is 37.0 Å². The lowest BCUT2D eigenvalue weighted by Gasteiger charge is -2.13. The van der Waals surface area contributed by atoms with Crippen LogP contribution in [0.2, 0.25) is 0 Å². The van der Waals surface area contributed by atoms with Crippen LogP contribution in [0, 0.1) is 0 Å². The number of aliphatic carboxylic acids is 1. The van der Waals surface area contributed by atoms with Gasteiger partial charge < -0.3 is 25.2 Å². The Labute approximate surface area is 190 Å². The van der Waals surface area contributed by atoms with Crippen LogP contribution in [0.1, 0.15) is 5.56 Å². The molecule has 3 N–H and O–H groups in total. The summed E-state index contributed by atoms with van der Waals surface area (Å²) in [6, 6.07) is 10.7. The van der Waals surface area contributed by atoms with Gasteiger partial charge in [0, 0.05) is 10.0 Å². The van der Waals surface area contributed by atoms with E-state index in [9.17, 15) is 19.2 Å². The third-order valence-corrected chi connectivity index (χ3v) is 4.76. The van der Waals surface area contributed by atoms with E-state index in [0.29, 0.717) is 21.5 Å². The SMILES string of the molecule is COc1ccccc1NC(=O)CN1C(=O)N/C(=C/c2cc(Br)ccc2OCC(=O)O)C1=O. The Morgan fingerprint density at radius 2 is 1.94 bits per heavy atom. The van der Waals surface area contributed by atoms with E-state index in [1.807, 2.05) is 0 Å². The minimum absolute atomic E-state index is 0.0848. The minimum Gasteiger partial charge on any atom is -0.495 e. The highest BCUT2D eigenvalue weighted by Gasteiger charge is 2.35. The number of halogens is 1. The number of imide groups is 1.